The van der Waals surface area contributed by atoms with E-state index in [0.717, 1.165) is 29.9 Å². The fourth-order valence-corrected chi connectivity index (χ4v) is 3.78. The Morgan fingerprint density at radius 1 is 1.21 bits per heavy atom. The summed E-state index contributed by atoms with van der Waals surface area (Å²) in [7, 11) is 0. The van der Waals surface area contributed by atoms with Crippen LogP contribution in [-0.4, -0.2) is 33.5 Å². The topological polar surface area (TPSA) is 53.4 Å². The highest BCUT2D eigenvalue weighted by molar-refractivity contribution is 5.74. The zero-order valence-corrected chi connectivity index (χ0v) is 14.5. The van der Waals surface area contributed by atoms with Gasteiger partial charge in [0.15, 0.2) is 0 Å². The first-order valence-corrected chi connectivity index (χ1v) is 8.46. The molecule has 0 bridgehead atoms. The van der Waals surface area contributed by atoms with Gasteiger partial charge in [-0.05, 0) is 51.3 Å². The number of aromatic nitrogens is 1. The lowest BCUT2D eigenvalue weighted by atomic mass is 9.96. The maximum Gasteiger partial charge on any atom is 0.320 e. The van der Waals surface area contributed by atoms with Crippen molar-refractivity contribution in [1.29, 1.82) is 0 Å². The fourth-order valence-electron chi connectivity index (χ4n) is 3.78. The second kappa shape index (κ2) is 6.73. The van der Waals surface area contributed by atoms with Crippen molar-refractivity contribution < 1.29 is 9.90 Å². The lowest BCUT2D eigenvalue weighted by Gasteiger charge is -2.31. The molecule has 4 nitrogen and oxygen atoms in total. The summed E-state index contributed by atoms with van der Waals surface area (Å²) in [6, 6.07) is 11.9. The van der Waals surface area contributed by atoms with Gasteiger partial charge in [-0.25, -0.2) is 0 Å². The van der Waals surface area contributed by atoms with E-state index in [1.807, 2.05) is 25.1 Å². The zero-order valence-electron chi connectivity index (χ0n) is 14.5. The molecule has 0 aliphatic carbocycles. The van der Waals surface area contributed by atoms with Crippen LogP contribution in [0.4, 0.5) is 0 Å². The number of hydrogen-bond acceptors (Lipinski definition) is 3. The highest BCUT2D eigenvalue weighted by Gasteiger charge is 2.37. The predicted octanol–water partition coefficient (Wildman–Crippen LogP) is 3.65. The molecule has 0 spiro atoms. The van der Waals surface area contributed by atoms with E-state index in [0.29, 0.717) is 6.42 Å². The number of pyridine rings is 1. The summed E-state index contributed by atoms with van der Waals surface area (Å²) in [5, 5.41) is 9.63. The maximum absolute atomic E-state index is 11.7. The van der Waals surface area contributed by atoms with Crippen LogP contribution in [-0.2, 0) is 4.79 Å². The number of hydrogen-bond donors (Lipinski definition) is 1. The molecule has 2 aromatic rings. The second-order valence-electron chi connectivity index (χ2n) is 6.76. The van der Waals surface area contributed by atoms with Crippen LogP contribution in [0, 0.1) is 20.8 Å². The number of aliphatic carboxylic acids is 1. The summed E-state index contributed by atoms with van der Waals surface area (Å²) in [6.45, 7) is 6.91. The highest BCUT2D eigenvalue weighted by Crippen LogP contribution is 2.35. The molecule has 1 N–H and O–H groups in total. The summed E-state index contributed by atoms with van der Waals surface area (Å²) < 4.78 is 0. The van der Waals surface area contributed by atoms with Crippen LogP contribution in [0.15, 0.2) is 36.4 Å². The van der Waals surface area contributed by atoms with Crippen LogP contribution in [0.25, 0.3) is 0 Å². The number of aryl methyl sites for hydroxylation is 3. The Balaban J connectivity index is 2.12. The number of benzene rings is 1. The van der Waals surface area contributed by atoms with Gasteiger partial charge in [-0.1, -0.05) is 35.4 Å². The van der Waals surface area contributed by atoms with Crippen molar-refractivity contribution in [2.75, 3.05) is 6.54 Å². The van der Waals surface area contributed by atoms with Gasteiger partial charge in [0.2, 0.25) is 0 Å². The van der Waals surface area contributed by atoms with E-state index >= 15 is 0 Å². The number of rotatable bonds is 4. The minimum absolute atomic E-state index is 0.118. The number of carbonyl (C=O) groups is 1. The first kappa shape index (κ1) is 16.7. The average molecular weight is 324 g/mol. The number of nitrogens with zero attached hydrogens (tertiary/aromatic N) is 2. The van der Waals surface area contributed by atoms with Gasteiger partial charge < -0.3 is 5.11 Å². The molecule has 0 radical (unpaired) electrons. The van der Waals surface area contributed by atoms with Gasteiger partial charge in [0, 0.05) is 12.2 Å². The van der Waals surface area contributed by atoms with E-state index < -0.39 is 12.0 Å². The lowest BCUT2D eigenvalue weighted by Crippen LogP contribution is -2.39. The molecule has 3 rings (SSSR count). The zero-order chi connectivity index (χ0) is 17.3. The molecule has 2 heterocycles. The monoisotopic (exact) mass is 324 g/mol. The van der Waals surface area contributed by atoms with Crippen molar-refractivity contribution in [3.05, 3.63) is 64.5 Å². The van der Waals surface area contributed by atoms with Crippen LogP contribution in [0.3, 0.4) is 0 Å². The van der Waals surface area contributed by atoms with Crippen molar-refractivity contribution in [3.63, 3.8) is 0 Å². The van der Waals surface area contributed by atoms with Crippen LogP contribution in [0.1, 0.15) is 47.0 Å². The summed E-state index contributed by atoms with van der Waals surface area (Å²) >= 11 is 0. The van der Waals surface area contributed by atoms with Crippen LogP contribution < -0.4 is 0 Å². The number of likely N-dealkylation sites (tertiary alicyclic amines) is 1. The molecule has 1 aromatic heterocycles. The molecule has 24 heavy (non-hydrogen) atoms. The van der Waals surface area contributed by atoms with E-state index in [4.69, 9.17) is 4.98 Å². The Kier molecular flexibility index (Phi) is 4.67. The number of carboxylic acid groups (broad SMARTS) is 1. The second-order valence-corrected chi connectivity index (χ2v) is 6.76. The van der Waals surface area contributed by atoms with Crippen LogP contribution in [0.2, 0.25) is 0 Å². The summed E-state index contributed by atoms with van der Waals surface area (Å²) in [5.41, 5.74) is 5.38. The lowest BCUT2D eigenvalue weighted by molar-refractivity contribution is -0.142. The third-order valence-corrected chi connectivity index (χ3v) is 4.66. The fraction of sp³-hybridized carbons (Fsp3) is 0.400. The molecule has 4 heteroatoms. The first-order chi connectivity index (χ1) is 11.5. The van der Waals surface area contributed by atoms with Crippen LogP contribution >= 0.6 is 0 Å². The normalized spacial score (nSPS) is 19.4. The molecule has 2 atom stereocenters. The van der Waals surface area contributed by atoms with E-state index in [2.05, 4.69) is 36.9 Å². The molecule has 1 fully saturated rings. The van der Waals surface area contributed by atoms with E-state index in [1.165, 1.54) is 11.1 Å². The van der Waals surface area contributed by atoms with Gasteiger partial charge in [-0.15, -0.1) is 0 Å². The minimum Gasteiger partial charge on any atom is -0.480 e. The van der Waals surface area contributed by atoms with E-state index in [9.17, 15) is 9.90 Å². The van der Waals surface area contributed by atoms with Gasteiger partial charge in [0.1, 0.15) is 6.04 Å². The molecule has 126 valence electrons. The van der Waals surface area contributed by atoms with Gasteiger partial charge in [-0.2, -0.15) is 0 Å². The van der Waals surface area contributed by atoms with Crippen LogP contribution in [0.5, 0.6) is 0 Å². The van der Waals surface area contributed by atoms with Gasteiger partial charge in [-0.3, -0.25) is 14.7 Å². The van der Waals surface area contributed by atoms with Gasteiger partial charge in [0.05, 0.1) is 11.7 Å². The van der Waals surface area contributed by atoms with Gasteiger partial charge in [0.25, 0.3) is 0 Å². The Morgan fingerprint density at radius 3 is 2.54 bits per heavy atom. The Hall–Kier alpha value is -2.20. The Morgan fingerprint density at radius 2 is 1.92 bits per heavy atom. The molecule has 1 aliphatic heterocycles. The molecule has 1 saturated heterocycles. The third-order valence-electron chi connectivity index (χ3n) is 4.66. The summed E-state index contributed by atoms with van der Waals surface area (Å²) in [5.74, 6) is -0.741. The molecule has 1 aliphatic rings. The predicted molar refractivity (Wildman–Crippen MR) is 94.1 cm³/mol. The SMILES string of the molecule is Cc1cc(C)cc(C(c2cccc(C)n2)N2CCCC2C(=O)O)c1. The molecular formula is C20H24N2O2. The summed E-state index contributed by atoms with van der Waals surface area (Å²) in [6.07, 6.45) is 1.60. The van der Waals surface area contributed by atoms with Crippen molar-refractivity contribution in [2.24, 2.45) is 0 Å². The minimum atomic E-state index is -0.741. The van der Waals surface area contributed by atoms with Crippen molar-refractivity contribution in [3.8, 4) is 0 Å². The van der Waals surface area contributed by atoms with Crippen molar-refractivity contribution in [2.45, 2.75) is 45.7 Å². The highest BCUT2D eigenvalue weighted by atomic mass is 16.4. The quantitative estimate of drug-likeness (QED) is 0.933. The van der Waals surface area contributed by atoms with Crippen molar-refractivity contribution >= 4 is 5.97 Å². The smallest absolute Gasteiger partial charge is 0.320 e. The average Bonchev–Trinajstić information content (AvgIpc) is 2.96. The maximum atomic E-state index is 11.7. The van der Waals surface area contributed by atoms with Gasteiger partial charge >= 0.3 is 5.97 Å². The van der Waals surface area contributed by atoms with E-state index in [1.54, 1.807) is 0 Å². The Bertz CT molecular complexity index is 737. The van der Waals surface area contributed by atoms with Crippen molar-refractivity contribution in [1.82, 2.24) is 9.88 Å². The molecule has 0 saturated carbocycles. The first-order valence-electron chi connectivity index (χ1n) is 8.46. The standard InChI is InChI=1S/C20H24N2O2/c1-13-10-14(2)12-16(11-13)19(17-7-4-6-15(3)21-17)22-9-5-8-18(22)20(23)24/h4,6-7,10-12,18-19H,5,8-9H2,1-3H3,(H,23,24). The molecule has 2 unspecified atom stereocenters. The molecular weight excluding hydrogens is 300 g/mol. The summed E-state index contributed by atoms with van der Waals surface area (Å²) in [4.78, 5) is 18.5. The third kappa shape index (κ3) is 3.34. The Labute approximate surface area is 143 Å². The van der Waals surface area contributed by atoms with E-state index in [-0.39, 0.29) is 6.04 Å². The molecule has 0 amide bonds. The number of carboxylic acids is 1. The largest absolute Gasteiger partial charge is 0.480 e. The molecule has 1 aromatic carbocycles.